The van der Waals surface area contributed by atoms with E-state index in [1.165, 1.54) is 21.2 Å². The van der Waals surface area contributed by atoms with Gasteiger partial charge in [0, 0.05) is 21.0 Å². The monoisotopic (exact) mass is 669 g/mol. The molecule has 7 nitrogen and oxygen atoms in total. The summed E-state index contributed by atoms with van der Waals surface area (Å²) in [5.41, 5.74) is 3.01. The van der Waals surface area contributed by atoms with Crippen LogP contribution < -0.4 is 15.1 Å². The Hall–Kier alpha value is -3.99. The number of thiazole rings is 1. The molecule has 7 rings (SSSR count). The van der Waals surface area contributed by atoms with E-state index in [-0.39, 0.29) is 29.1 Å². The lowest BCUT2D eigenvalue weighted by molar-refractivity contribution is -0.122. The van der Waals surface area contributed by atoms with E-state index in [0.29, 0.717) is 21.3 Å². The molecular formula is C33H24BrN3O4S2. The average molecular weight is 671 g/mol. The summed E-state index contributed by atoms with van der Waals surface area (Å²) < 4.78 is 2.27. The van der Waals surface area contributed by atoms with Gasteiger partial charge in [0.1, 0.15) is 11.8 Å². The Bertz CT molecular complexity index is 2000. The van der Waals surface area contributed by atoms with Gasteiger partial charge >= 0.3 is 4.87 Å². The van der Waals surface area contributed by atoms with E-state index in [4.69, 9.17) is 0 Å². The highest BCUT2D eigenvalue weighted by atomic mass is 79.9. The fraction of sp³-hybridized carbons (Fsp3) is 0.152. The predicted molar refractivity (Wildman–Crippen MR) is 174 cm³/mol. The van der Waals surface area contributed by atoms with E-state index in [1.54, 1.807) is 12.1 Å². The topological polar surface area (TPSA) is 88.5 Å². The molecule has 43 heavy (non-hydrogen) atoms. The fourth-order valence-electron chi connectivity index (χ4n) is 5.87. The van der Waals surface area contributed by atoms with Crippen LogP contribution in [0.15, 0.2) is 105 Å². The van der Waals surface area contributed by atoms with Crippen molar-refractivity contribution in [3.05, 3.63) is 121 Å². The van der Waals surface area contributed by atoms with E-state index in [2.05, 4.69) is 21.2 Å². The molecule has 3 heterocycles. The van der Waals surface area contributed by atoms with Crippen molar-refractivity contribution in [2.24, 2.45) is 5.92 Å². The van der Waals surface area contributed by atoms with Crippen LogP contribution in [0.25, 0.3) is 10.8 Å². The van der Waals surface area contributed by atoms with Crippen LogP contribution in [-0.2, 0) is 20.9 Å². The van der Waals surface area contributed by atoms with Crippen LogP contribution >= 0.6 is 39.0 Å². The molecule has 10 heteroatoms. The molecule has 3 atom stereocenters. The minimum atomic E-state index is -0.742. The number of carbonyl (C=O) groups excluding carboxylic acids is 3. The third-order valence-corrected chi connectivity index (χ3v) is 11.0. The number of anilines is 2. The summed E-state index contributed by atoms with van der Waals surface area (Å²) in [5, 5.41) is 4.78. The fourth-order valence-corrected chi connectivity index (χ4v) is 9.06. The van der Waals surface area contributed by atoms with Crippen molar-refractivity contribution in [3.63, 3.8) is 0 Å². The number of thioether (sulfide) groups is 1. The third kappa shape index (κ3) is 4.93. The highest BCUT2D eigenvalue weighted by Crippen LogP contribution is 2.54. The predicted octanol–water partition coefficient (Wildman–Crippen LogP) is 6.57. The number of aryl methyl sites for hydroxylation is 1. The first kappa shape index (κ1) is 27.8. The molecule has 1 N–H and O–H groups in total. The molecular weight excluding hydrogens is 646 g/mol. The van der Waals surface area contributed by atoms with Crippen molar-refractivity contribution < 1.29 is 14.4 Å². The number of halogens is 1. The molecule has 1 fully saturated rings. The quantitative estimate of drug-likeness (QED) is 0.214. The molecule has 0 aliphatic carbocycles. The number of carbonyl (C=O) groups is 3. The van der Waals surface area contributed by atoms with Gasteiger partial charge in [0.15, 0.2) is 0 Å². The first-order valence-corrected chi connectivity index (χ1v) is 16.2. The summed E-state index contributed by atoms with van der Waals surface area (Å²) in [6, 6.07) is 28.5. The van der Waals surface area contributed by atoms with Gasteiger partial charge in [-0.3, -0.25) is 23.7 Å². The molecule has 0 spiro atoms. The molecule has 2 aliphatic rings. The normalized spacial score (nSPS) is 19.4. The van der Waals surface area contributed by atoms with Crippen LogP contribution in [0.4, 0.5) is 11.4 Å². The Kier molecular flexibility index (Phi) is 7.07. The van der Waals surface area contributed by atoms with E-state index in [1.807, 2.05) is 85.8 Å². The lowest BCUT2D eigenvalue weighted by atomic mass is 9.83. The first-order chi connectivity index (χ1) is 20.8. The molecule has 0 unspecified atom stereocenters. The van der Waals surface area contributed by atoms with Gasteiger partial charge in [0.05, 0.1) is 16.6 Å². The van der Waals surface area contributed by atoms with E-state index < -0.39 is 17.1 Å². The van der Waals surface area contributed by atoms with Gasteiger partial charge < -0.3 is 5.32 Å². The number of nitrogens with one attached hydrogen (secondary N) is 1. The highest BCUT2D eigenvalue weighted by molar-refractivity contribution is 9.10. The summed E-state index contributed by atoms with van der Waals surface area (Å²) in [4.78, 5) is 56.2. The zero-order chi connectivity index (χ0) is 29.8. The Morgan fingerprint density at radius 3 is 2.42 bits per heavy atom. The van der Waals surface area contributed by atoms with E-state index >= 15 is 0 Å². The molecule has 0 saturated carbocycles. The molecule has 5 aromatic rings. The highest BCUT2D eigenvalue weighted by Gasteiger charge is 2.56. The van der Waals surface area contributed by atoms with Gasteiger partial charge in [-0.05, 0) is 59.7 Å². The van der Waals surface area contributed by atoms with E-state index in [0.717, 1.165) is 37.7 Å². The van der Waals surface area contributed by atoms with Gasteiger partial charge in [-0.1, -0.05) is 99.2 Å². The van der Waals surface area contributed by atoms with Crippen molar-refractivity contribution in [1.29, 1.82) is 0 Å². The summed E-state index contributed by atoms with van der Waals surface area (Å²) >= 11 is 5.79. The molecule has 214 valence electrons. The maximum Gasteiger partial charge on any atom is 0.308 e. The smallest absolute Gasteiger partial charge is 0.308 e. The summed E-state index contributed by atoms with van der Waals surface area (Å²) in [5.74, 6) is -2.18. The van der Waals surface area contributed by atoms with Gasteiger partial charge in [0.2, 0.25) is 17.7 Å². The van der Waals surface area contributed by atoms with Crippen LogP contribution in [0.2, 0.25) is 0 Å². The van der Waals surface area contributed by atoms with Gasteiger partial charge in [-0.25, -0.2) is 4.90 Å². The lowest BCUT2D eigenvalue weighted by Crippen LogP contribution is -2.33. The van der Waals surface area contributed by atoms with Crippen LogP contribution in [-0.4, -0.2) is 27.5 Å². The van der Waals surface area contributed by atoms with Crippen molar-refractivity contribution >= 4 is 78.9 Å². The number of hydrogen-bond donors (Lipinski definition) is 1. The van der Waals surface area contributed by atoms with Gasteiger partial charge in [0.25, 0.3) is 0 Å². The first-order valence-electron chi connectivity index (χ1n) is 13.7. The number of benzene rings is 4. The largest absolute Gasteiger partial charge is 0.325 e. The Morgan fingerprint density at radius 2 is 1.65 bits per heavy atom. The van der Waals surface area contributed by atoms with Crippen LogP contribution in [0.5, 0.6) is 0 Å². The van der Waals surface area contributed by atoms with Crippen molar-refractivity contribution in [1.82, 2.24) is 4.57 Å². The van der Waals surface area contributed by atoms with Gasteiger partial charge in [-0.15, -0.1) is 0 Å². The zero-order valence-corrected chi connectivity index (χ0v) is 26.0. The van der Waals surface area contributed by atoms with Crippen molar-refractivity contribution in [3.8, 4) is 0 Å². The maximum atomic E-state index is 14.0. The lowest BCUT2D eigenvalue weighted by Gasteiger charge is -2.30. The number of aromatic nitrogens is 1. The molecule has 2 aliphatic heterocycles. The molecule has 3 amide bonds. The Labute approximate surface area is 263 Å². The van der Waals surface area contributed by atoms with Crippen LogP contribution in [0.3, 0.4) is 0 Å². The standard InChI is InChI=1S/C33H24BrN3O4S2/c1-18-9-13-24(14-10-18)37-30(39)27-26(21-7-4-8-22(34)15-21)29-32(42-28(27)31(37)40)36(33(41)43-29)17-25(38)35-23-12-11-19-5-2-3-6-20(19)16-23/h2-16,26-28H,17H2,1H3,(H,35,38)/t26-,27-,28+/m0/s1. The second kappa shape index (κ2) is 10.9. The van der Waals surface area contributed by atoms with Crippen LogP contribution in [0, 0.1) is 12.8 Å². The second-order valence-electron chi connectivity index (χ2n) is 10.7. The SMILES string of the molecule is Cc1ccc(N2C(=O)[C@H]3[C@H](c4cccc(Br)c4)c4sc(=O)n(CC(=O)Nc5ccc6ccccc6c5)c4S[C@H]3C2=O)cc1. The minimum absolute atomic E-state index is 0.211. The number of hydrogen-bond acceptors (Lipinski definition) is 6. The zero-order valence-electron chi connectivity index (χ0n) is 22.8. The molecule has 1 saturated heterocycles. The number of rotatable bonds is 5. The molecule has 0 bridgehead atoms. The summed E-state index contributed by atoms with van der Waals surface area (Å²) in [6.45, 7) is 1.74. The van der Waals surface area contributed by atoms with Gasteiger partial charge in [-0.2, -0.15) is 0 Å². The molecule has 4 aromatic carbocycles. The number of nitrogens with zero attached hydrogens (tertiary/aromatic N) is 2. The Balaban J connectivity index is 1.26. The Morgan fingerprint density at radius 1 is 0.884 bits per heavy atom. The molecule has 0 radical (unpaired) electrons. The minimum Gasteiger partial charge on any atom is -0.325 e. The average Bonchev–Trinajstić information content (AvgIpc) is 3.43. The summed E-state index contributed by atoms with van der Waals surface area (Å²) in [6.07, 6.45) is 0. The molecule has 1 aromatic heterocycles. The summed E-state index contributed by atoms with van der Waals surface area (Å²) in [7, 11) is 0. The van der Waals surface area contributed by atoms with E-state index in [9.17, 15) is 19.2 Å². The number of fused-ring (bicyclic) bond motifs is 3. The second-order valence-corrected chi connectivity index (χ2v) is 13.7. The maximum absolute atomic E-state index is 14.0. The van der Waals surface area contributed by atoms with Crippen molar-refractivity contribution in [2.75, 3.05) is 10.2 Å². The number of amides is 3. The third-order valence-electron chi connectivity index (χ3n) is 7.88. The number of imide groups is 1. The van der Waals surface area contributed by atoms with Crippen molar-refractivity contribution in [2.45, 2.75) is 29.7 Å². The van der Waals surface area contributed by atoms with Crippen LogP contribution in [0.1, 0.15) is 21.9 Å².